The number of nitrogens with zero attached hydrogens (tertiary/aromatic N) is 1. The monoisotopic (exact) mass is 372 g/mol. The highest BCUT2D eigenvalue weighted by atomic mass is 32.2. The summed E-state index contributed by atoms with van der Waals surface area (Å²) in [7, 11) is -0.339. The van der Waals surface area contributed by atoms with E-state index in [0.29, 0.717) is 38.9 Å². The summed E-state index contributed by atoms with van der Waals surface area (Å²) in [4.78, 5) is 4.34. The van der Waals surface area contributed by atoms with Crippen molar-refractivity contribution in [3.8, 4) is 0 Å². The number of hydrogen-bond donors (Lipinski definition) is 3. The quantitative estimate of drug-likeness (QED) is 0.294. The van der Waals surface area contributed by atoms with Crippen LogP contribution in [0.25, 0.3) is 0 Å². The molecule has 3 N–H and O–H groups in total. The summed E-state index contributed by atoms with van der Waals surface area (Å²) in [6, 6.07) is 6.77. The summed E-state index contributed by atoms with van der Waals surface area (Å²) in [5.74, 6) is 0.631. The third kappa shape index (κ3) is 8.30. The van der Waals surface area contributed by atoms with E-state index in [2.05, 4.69) is 20.3 Å². The summed E-state index contributed by atoms with van der Waals surface area (Å²) in [6.07, 6.45) is 0. The van der Waals surface area contributed by atoms with Gasteiger partial charge in [-0.15, -0.1) is 0 Å². The summed E-state index contributed by atoms with van der Waals surface area (Å²) in [5, 5.41) is 6.26. The highest BCUT2D eigenvalue weighted by molar-refractivity contribution is 7.89. The normalized spacial score (nSPS) is 12.2. The molecule has 0 aliphatic rings. The van der Waals surface area contributed by atoms with Gasteiger partial charge >= 0.3 is 0 Å². The van der Waals surface area contributed by atoms with Gasteiger partial charge in [-0.2, -0.15) is 0 Å². The predicted molar refractivity (Wildman–Crippen MR) is 98.2 cm³/mol. The molecule has 0 aliphatic heterocycles. The lowest BCUT2D eigenvalue weighted by Gasteiger charge is -2.13. The molecule has 0 saturated heterocycles. The standard InChI is InChI=1S/C16H28N4O4S/c1-4-24-11-8-18-16(17-2)19-13-14-6-5-7-15(12-14)25(21,22)20-9-10-23-3/h5-7,12,20H,4,8-11,13H2,1-3H3,(H2,17,18,19). The first-order valence-electron chi connectivity index (χ1n) is 8.13. The van der Waals surface area contributed by atoms with Crippen LogP contribution in [0.15, 0.2) is 34.2 Å². The predicted octanol–water partition coefficient (Wildman–Crippen LogP) is 0.313. The highest BCUT2D eigenvalue weighted by Crippen LogP contribution is 2.11. The fourth-order valence-electron chi connectivity index (χ4n) is 1.98. The number of rotatable bonds is 11. The molecule has 25 heavy (non-hydrogen) atoms. The third-order valence-corrected chi connectivity index (χ3v) is 4.69. The molecule has 0 spiro atoms. The Bertz CT molecular complexity index is 635. The lowest BCUT2D eigenvalue weighted by molar-refractivity contribution is 0.152. The van der Waals surface area contributed by atoms with E-state index in [-0.39, 0.29) is 11.4 Å². The van der Waals surface area contributed by atoms with Crippen LogP contribution in [-0.2, 0) is 26.0 Å². The van der Waals surface area contributed by atoms with Gasteiger partial charge < -0.3 is 20.1 Å². The van der Waals surface area contributed by atoms with Crippen molar-refractivity contribution in [2.45, 2.75) is 18.4 Å². The highest BCUT2D eigenvalue weighted by Gasteiger charge is 2.13. The molecule has 0 amide bonds. The van der Waals surface area contributed by atoms with E-state index in [1.54, 1.807) is 25.2 Å². The SMILES string of the molecule is CCOCCNC(=NC)NCc1cccc(S(=O)(=O)NCCOC)c1. The Hall–Kier alpha value is -1.68. The average Bonchev–Trinajstić information content (AvgIpc) is 2.61. The Morgan fingerprint density at radius 1 is 1.20 bits per heavy atom. The summed E-state index contributed by atoms with van der Waals surface area (Å²) in [5.41, 5.74) is 0.836. The van der Waals surface area contributed by atoms with Gasteiger partial charge in [0.05, 0.1) is 18.1 Å². The van der Waals surface area contributed by atoms with Gasteiger partial charge in [-0.3, -0.25) is 4.99 Å². The molecular formula is C16H28N4O4S. The van der Waals surface area contributed by atoms with Crippen LogP contribution in [0.1, 0.15) is 12.5 Å². The number of sulfonamides is 1. The minimum atomic E-state index is -3.54. The van der Waals surface area contributed by atoms with Crippen LogP contribution in [0.4, 0.5) is 0 Å². The van der Waals surface area contributed by atoms with Gasteiger partial charge in [0.1, 0.15) is 0 Å². The minimum absolute atomic E-state index is 0.224. The number of aliphatic imine (C=N–C) groups is 1. The van der Waals surface area contributed by atoms with Crippen LogP contribution in [0.3, 0.4) is 0 Å². The number of ether oxygens (including phenoxy) is 2. The molecular weight excluding hydrogens is 344 g/mol. The first kappa shape index (κ1) is 21.4. The van der Waals surface area contributed by atoms with Gasteiger partial charge in [0, 0.05) is 40.4 Å². The van der Waals surface area contributed by atoms with Gasteiger partial charge in [0.15, 0.2) is 5.96 Å². The lowest BCUT2D eigenvalue weighted by Crippen LogP contribution is -2.38. The van der Waals surface area contributed by atoms with Crippen LogP contribution < -0.4 is 15.4 Å². The maximum atomic E-state index is 12.2. The van der Waals surface area contributed by atoms with Crippen molar-refractivity contribution in [2.75, 3.05) is 47.1 Å². The number of hydrogen-bond acceptors (Lipinski definition) is 5. The van der Waals surface area contributed by atoms with Gasteiger partial charge in [0.25, 0.3) is 0 Å². The molecule has 0 atom stereocenters. The molecule has 1 aromatic carbocycles. The Morgan fingerprint density at radius 2 is 2.00 bits per heavy atom. The second-order valence-corrected chi connectivity index (χ2v) is 6.85. The summed E-state index contributed by atoms with van der Waals surface area (Å²) < 4.78 is 37.0. The van der Waals surface area contributed by atoms with E-state index < -0.39 is 10.0 Å². The van der Waals surface area contributed by atoms with E-state index in [0.717, 1.165) is 5.56 Å². The van der Waals surface area contributed by atoms with Crippen LogP contribution in [-0.4, -0.2) is 61.4 Å². The molecule has 9 heteroatoms. The number of guanidine groups is 1. The molecule has 0 bridgehead atoms. The molecule has 1 aromatic rings. The van der Waals surface area contributed by atoms with Crippen molar-refractivity contribution < 1.29 is 17.9 Å². The second-order valence-electron chi connectivity index (χ2n) is 5.09. The van der Waals surface area contributed by atoms with E-state index >= 15 is 0 Å². The van der Waals surface area contributed by atoms with Gasteiger partial charge in [0.2, 0.25) is 10.0 Å². The maximum Gasteiger partial charge on any atom is 0.240 e. The van der Waals surface area contributed by atoms with Gasteiger partial charge in [-0.25, -0.2) is 13.1 Å². The first-order valence-corrected chi connectivity index (χ1v) is 9.61. The Kier molecular flexibility index (Phi) is 10.1. The van der Waals surface area contributed by atoms with E-state index in [9.17, 15) is 8.42 Å². The smallest absolute Gasteiger partial charge is 0.240 e. The van der Waals surface area contributed by atoms with Crippen molar-refractivity contribution in [2.24, 2.45) is 4.99 Å². The molecule has 0 fully saturated rings. The zero-order chi connectivity index (χ0) is 18.5. The number of nitrogens with one attached hydrogen (secondary N) is 3. The first-order chi connectivity index (χ1) is 12.0. The van der Waals surface area contributed by atoms with Crippen molar-refractivity contribution >= 4 is 16.0 Å². The van der Waals surface area contributed by atoms with E-state index in [1.807, 2.05) is 13.0 Å². The Morgan fingerprint density at radius 3 is 2.68 bits per heavy atom. The minimum Gasteiger partial charge on any atom is -0.383 e. The zero-order valence-corrected chi connectivity index (χ0v) is 15.9. The maximum absolute atomic E-state index is 12.2. The van der Waals surface area contributed by atoms with Gasteiger partial charge in [-0.1, -0.05) is 12.1 Å². The van der Waals surface area contributed by atoms with Crippen LogP contribution in [0, 0.1) is 0 Å². The largest absolute Gasteiger partial charge is 0.383 e. The fourth-order valence-corrected chi connectivity index (χ4v) is 3.06. The summed E-state index contributed by atoms with van der Waals surface area (Å²) in [6.45, 7) is 4.87. The van der Waals surface area contributed by atoms with Crippen molar-refractivity contribution in [1.29, 1.82) is 0 Å². The third-order valence-electron chi connectivity index (χ3n) is 3.23. The number of benzene rings is 1. The van der Waals surface area contributed by atoms with Crippen LogP contribution in [0.5, 0.6) is 0 Å². The van der Waals surface area contributed by atoms with E-state index in [4.69, 9.17) is 9.47 Å². The van der Waals surface area contributed by atoms with E-state index in [1.165, 1.54) is 7.11 Å². The fraction of sp³-hybridized carbons (Fsp3) is 0.562. The van der Waals surface area contributed by atoms with Crippen molar-refractivity contribution in [1.82, 2.24) is 15.4 Å². The zero-order valence-electron chi connectivity index (χ0n) is 15.0. The second kappa shape index (κ2) is 11.8. The average molecular weight is 372 g/mol. The van der Waals surface area contributed by atoms with Crippen LogP contribution in [0.2, 0.25) is 0 Å². The Balaban J connectivity index is 2.59. The van der Waals surface area contributed by atoms with Crippen molar-refractivity contribution in [3.63, 3.8) is 0 Å². The van der Waals surface area contributed by atoms with Gasteiger partial charge in [-0.05, 0) is 24.6 Å². The molecule has 142 valence electrons. The molecule has 0 aliphatic carbocycles. The number of methoxy groups -OCH3 is 1. The molecule has 8 nitrogen and oxygen atoms in total. The topological polar surface area (TPSA) is 101 Å². The van der Waals surface area contributed by atoms with Crippen molar-refractivity contribution in [3.05, 3.63) is 29.8 Å². The molecule has 0 unspecified atom stereocenters. The van der Waals surface area contributed by atoms with Crippen LogP contribution >= 0.6 is 0 Å². The molecule has 0 aromatic heterocycles. The molecule has 0 radical (unpaired) electrons. The molecule has 1 rings (SSSR count). The molecule has 0 heterocycles. The summed E-state index contributed by atoms with van der Waals surface area (Å²) >= 11 is 0. The lowest BCUT2D eigenvalue weighted by atomic mass is 10.2. The molecule has 0 saturated carbocycles. The Labute approximate surface area is 150 Å².